The van der Waals surface area contributed by atoms with E-state index in [0.717, 1.165) is 11.1 Å². The maximum absolute atomic E-state index is 12.4. The average Bonchev–Trinajstić information content (AvgIpc) is 2.64. The first-order valence-corrected chi connectivity index (χ1v) is 8.09. The highest BCUT2D eigenvalue weighted by Gasteiger charge is 2.19. The molecule has 0 aromatic heterocycles. The van der Waals surface area contributed by atoms with Crippen molar-refractivity contribution in [2.24, 2.45) is 5.73 Å². The van der Waals surface area contributed by atoms with Gasteiger partial charge in [-0.15, -0.1) is 0 Å². The van der Waals surface area contributed by atoms with Gasteiger partial charge in [0.25, 0.3) is 5.91 Å². The molecule has 0 aliphatic rings. The Hall–Kier alpha value is -3.60. The molecule has 0 saturated carbocycles. The van der Waals surface area contributed by atoms with Crippen LogP contribution in [0.5, 0.6) is 11.5 Å². The highest BCUT2D eigenvalue weighted by Crippen LogP contribution is 2.35. The van der Waals surface area contributed by atoms with Crippen molar-refractivity contribution in [1.29, 1.82) is 0 Å². The molecule has 3 amide bonds. The lowest BCUT2D eigenvalue weighted by Crippen LogP contribution is -2.35. The Morgan fingerprint density at radius 2 is 1.50 bits per heavy atom. The number of para-hydroxylation sites is 1. The number of benzene rings is 3. The van der Waals surface area contributed by atoms with Gasteiger partial charge in [-0.1, -0.05) is 48.5 Å². The molecule has 0 aliphatic heterocycles. The molecule has 3 N–H and O–H groups in total. The molecule has 3 rings (SSSR count). The minimum Gasteiger partial charge on any atom is -0.457 e. The molecule has 0 unspecified atom stereocenters. The summed E-state index contributed by atoms with van der Waals surface area (Å²) >= 11 is 0. The van der Waals surface area contributed by atoms with Crippen LogP contribution < -0.4 is 15.8 Å². The number of carbonyl (C=O) groups excluding carboxylic acids is 2. The van der Waals surface area contributed by atoms with E-state index in [1.54, 1.807) is 12.1 Å². The summed E-state index contributed by atoms with van der Waals surface area (Å²) in [6.07, 6.45) is 0. The predicted molar refractivity (Wildman–Crippen MR) is 100 cm³/mol. The van der Waals surface area contributed by atoms with Crippen LogP contribution in [0, 0.1) is 6.92 Å². The van der Waals surface area contributed by atoms with Gasteiger partial charge in [-0.05, 0) is 36.8 Å². The van der Waals surface area contributed by atoms with Crippen LogP contribution in [-0.4, -0.2) is 11.9 Å². The van der Waals surface area contributed by atoms with Crippen molar-refractivity contribution in [3.05, 3.63) is 83.9 Å². The van der Waals surface area contributed by atoms with Crippen LogP contribution in [0.2, 0.25) is 0 Å². The molecule has 26 heavy (non-hydrogen) atoms. The first-order chi connectivity index (χ1) is 12.6. The van der Waals surface area contributed by atoms with E-state index in [1.807, 2.05) is 67.6 Å². The minimum atomic E-state index is -0.892. The summed E-state index contributed by atoms with van der Waals surface area (Å²) in [5.41, 5.74) is 7.78. The first kappa shape index (κ1) is 17.2. The van der Waals surface area contributed by atoms with E-state index in [-0.39, 0.29) is 0 Å². The summed E-state index contributed by atoms with van der Waals surface area (Å²) in [7, 11) is 0. The molecule has 3 aromatic rings. The van der Waals surface area contributed by atoms with Gasteiger partial charge in [0.05, 0.1) is 0 Å². The molecule has 0 aliphatic carbocycles. The topological polar surface area (TPSA) is 81.4 Å². The molecule has 0 radical (unpaired) electrons. The zero-order valence-electron chi connectivity index (χ0n) is 14.2. The zero-order chi connectivity index (χ0) is 18.5. The standard InChI is InChI=1S/C21H18N2O3/c1-14-18(26-16-10-6-3-7-11-16)13-12-17(20(24)23-21(22)25)19(14)15-8-4-2-5-9-15/h2-13H,1H3,(H3,22,23,24,25). The number of urea groups is 1. The Bertz CT molecular complexity index is 938. The van der Waals surface area contributed by atoms with E-state index in [0.29, 0.717) is 22.6 Å². The summed E-state index contributed by atoms with van der Waals surface area (Å²) in [5.74, 6) is 0.778. The smallest absolute Gasteiger partial charge is 0.319 e. The monoisotopic (exact) mass is 346 g/mol. The number of nitrogens with one attached hydrogen (secondary N) is 1. The number of amides is 3. The molecule has 5 nitrogen and oxygen atoms in total. The summed E-state index contributed by atoms with van der Waals surface area (Å²) in [5, 5.41) is 2.12. The van der Waals surface area contributed by atoms with Gasteiger partial charge in [0, 0.05) is 16.7 Å². The number of primary amides is 1. The van der Waals surface area contributed by atoms with Crippen molar-refractivity contribution in [2.75, 3.05) is 0 Å². The number of imide groups is 1. The number of carbonyl (C=O) groups is 2. The third kappa shape index (κ3) is 3.72. The Balaban J connectivity index is 2.10. The molecule has 0 heterocycles. The normalized spacial score (nSPS) is 10.2. The molecule has 0 saturated heterocycles. The maximum atomic E-state index is 12.4. The van der Waals surface area contributed by atoms with Crippen molar-refractivity contribution in [3.8, 4) is 22.6 Å². The summed E-state index contributed by atoms with van der Waals surface area (Å²) in [4.78, 5) is 23.5. The molecule has 3 aromatic carbocycles. The number of hydrogen-bond acceptors (Lipinski definition) is 3. The van der Waals surface area contributed by atoms with Gasteiger partial charge in [-0.25, -0.2) is 4.79 Å². The third-order valence-corrected chi connectivity index (χ3v) is 3.93. The van der Waals surface area contributed by atoms with Crippen LogP contribution >= 0.6 is 0 Å². The summed E-state index contributed by atoms with van der Waals surface area (Å²) in [6, 6.07) is 21.3. The fourth-order valence-electron chi connectivity index (χ4n) is 2.76. The van der Waals surface area contributed by atoms with Crippen LogP contribution in [0.3, 0.4) is 0 Å². The molecule has 130 valence electrons. The lowest BCUT2D eigenvalue weighted by atomic mass is 9.94. The van der Waals surface area contributed by atoms with Gasteiger partial charge < -0.3 is 10.5 Å². The van der Waals surface area contributed by atoms with Crippen molar-refractivity contribution < 1.29 is 14.3 Å². The average molecular weight is 346 g/mol. The van der Waals surface area contributed by atoms with E-state index < -0.39 is 11.9 Å². The lowest BCUT2D eigenvalue weighted by molar-refractivity contribution is 0.0967. The van der Waals surface area contributed by atoms with Gasteiger partial charge in [-0.3, -0.25) is 10.1 Å². The van der Waals surface area contributed by atoms with E-state index >= 15 is 0 Å². The third-order valence-electron chi connectivity index (χ3n) is 3.93. The first-order valence-electron chi connectivity index (χ1n) is 8.09. The van der Waals surface area contributed by atoms with Crippen LogP contribution in [0.25, 0.3) is 11.1 Å². The molecule has 0 bridgehead atoms. The Morgan fingerprint density at radius 3 is 2.12 bits per heavy atom. The highest BCUT2D eigenvalue weighted by molar-refractivity contribution is 6.08. The number of nitrogens with two attached hydrogens (primary N) is 1. The van der Waals surface area contributed by atoms with Crippen molar-refractivity contribution in [2.45, 2.75) is 6.92 Å². The van der Waals surface area contributed by atoms with Gasteiger partial charge in [0.2, 0.25) is 0 Å². The minimum absolute atomic E-state index is 0.355. The van der Waals surface area contributed by atoms with Crippen molar-refractivity contribution >= 4 is 11.9 Å². The van der Waals surface area contributed by atoms with E-state index in [2.05, 4.69) is 5.32 Å². The second-order valence-corrected chi connectivity index (χ2v) is 5.71. The molecular formula is C21H18N2O3. The Labute approximate surface area is 151 Å². The SMILES string of the molecule is Cc1c(Oc2ccccc2)ccc(C(=O)NC(N)=O)c1-c1ccccc1. The largest absolute Gasteiger partial charge is 0.457 e. The molecule has 0 spiro atoms. The second-order valence-electron chi connectivity index (χ2n) is 5.71. The molecule has 5 heteroatoms. The van der Waals surface area contributed by atoms with Crippen molar-refractivity contribution in [1.82, 2.24) is 5.32 Å². The van der Waals surface area contributed by atoms with Gasteiger partial charge in [-0.2, -0.15) is 0 Å². The van der Waals surface area contributed by atoms with Gasteiger partial charge >= 0.3 is 6.03 Å². The van der Waals surface area contributed by atoms with Gasteiger partial charge in [0.15, 0.2) is 0 Å². The fraction of sp³-hybridized carbons (Fsp3) is 0.0476. The lowest BCUT2D eigenvalue weighted by Gasteiger charge is -2.16. The van der Waals surface area contributed by atoms with Crippen LogP contribution in [-0.2, 0) is 0 Å². The van der Waals surface area contributed by atoms with Crippen molar-refractivity contribution in [3.63, 3.8) is 0 Å². The molecule has 0 atom stereocenters. The fourth-order valence-corrected chi connectivity index (χ4v) is 2.76. The number of hydrogen-bond donors (Lipinski definition) is 2. The van der Waals surface area contributed by atoms with Crippen LogP contribution in [0.4, 0.5) is 4.79 Å². The molecular weight excluding hydrogens is 328 g/mol. The summed E-state index contributed by atoms with van der Waals surface area (Å²) in [6.45, 7) is 1.88. The maximum Gasteiger partial charge on any atom is 0.319 e. The van der Waals surface area contributed by atoms with Crippen LogP contribution in [0.1, 0.15) is 15.9 Å². The van der Waals surface area contributed by atoms with E-state index in [9.17, 15) is 9.59 Å². The highest BCUT2D eigenvalue weighted by atomic mass is 16.5. The number of ether oxygens (including phenoxy) is 1. The van der Waals surface area contributed by atoms with Gasteiger partial charge in [0.1, 0.15) is 11.5 Å². The zero-order valence-corrected chi connectivity index (χ0v) is 14.2. The van der Waals surface area contributed by atoms with Crippen LogP contribution in [0.15, 0.2) is 72.8 Å². The second kappa shape index (κ2) is 7.53. The Morgan fingerprint density at radius 1 is 0.885 bits per heavy atom. The number of rotatable bonds is 4. The Kier molecular flexibility index (Phi) is 4.99. The molecule has 0 fully saturated rings. The van der Waals surface area contributed by atoms with E-state index in [1.165, 1.54) is 0 Å². The quantitative estimate of drug-likeness (QED) is 0.740. The predicted octanol–water partition coefficient (Wildman–Crippen LogP) is 4.26. The van der Waals surface area contributed by atoms with E-state index in [4.69, 9.17) is 10.5 Å². The summed E-state index contributed by atoms with van der Waals surface area (Å²) < 4.78 is 5.96.